The topological polar surface area (TPSA) is 58.7 Å². The number of nitrogens with zero attached hydrogens (tertiary/aromatic N) is 1. The fourth-order valence-corrected chi connectivity index (χ4v) is 2.15. The predicted octanol–water partition coefficient (Wildman–Crippen LogP) is 0.338. The summed E-state index contributed by atoms with van der Waals surface area (Å²) < 4.78 is 5.43. The standard InChI is InChI=1S/C13H20N2O2/c14-7-11-2-1-3-12(6-11)8-15-4-5-17-13(9-15)10-16/h1-3,6,13,16H,4-5,7-10,14H2. The normalized spacial score (nSPS) is 21.6. The lowest BCUT2D eigenvalue weighted by Crippen LogP contribution is -2.43. The number of aliphatic hydroxyl groups excluding tert-OH is 1. The second kappa shape index (κ2) is 6.12. The maximum atomic E-state index is 9.09. The van der Waals surface area contributed by atoms with Gasteiger partial charge in [0.25, 0.3) is 0 Å². The van der Waals surface area contributed by atoms with Crippen LogP contribution in [0.4, 0.5) is 0 Å². The van der Waals surface area contributed by atoms with E-state index in [1.807, 2.05) is 12.1 Å². The number of benzene rings is 1. The van der Waals surface area contributed by atoms with Crippen LogP contribution in [0.2, 0.25) is 0 Å². The van der Waals surface area contributed by atoms with Crippen LogP contribution < -0.4 is 5.73 Å². The van der Waals surface area contributed by atoms with E-state index in [9.17, 15) is 0 Å². The van der Waals surface area contributed by atoms with Crippen LogP contribution in [-0.4, -0.2) is 42.4 Å². The molecular formula is C13H20N2O2. The Morgan fingerprint density at radius 2 is 2.24 bits per heavy atom. The highest BCUT2D eigenvalue weighted by Crippen LogP contribution is 2.11. The van der Waals surface area contributed by atoms with Crippen molar-refractivity contribution in [2.24, 2.45) is 5.73 Å². The van der Waals surface area contributed by atoms with Gasteiger partial charge < -0.3 is 15.6 Å². The highest BCUT2D eigenvalue weighted by molar-refractivity contribution is 5.23. The fourth-order valence-electron chi connectivity index (χ4n) is 2.15. The molecule has 1 aromatic rings. The summed E-state index contributed by atoms with van der Waals surface area (Å²) in [5.41, 5.74) is 8.06. The van der Waals surface area contributed by atoms with E-state index in [0.717, 1.165) is 25.2 Å². The number of morpholine rings is 1. The predicted molar refractivity (Wildman–Crippen MR) is 66.4 cm³/mol. The Morgan fingerprint density at radius 3 is 3.00 bits per heavy atom. The molecule has 4 nitrogen and oxygen atoms in total. The van der Waals surface area contributed by atoms with Gasteiger partial charge in [-0.3, -0.25) is 4.90 Å². The molecule has 4 heteroatoms. The molecule has 1 aliphatic rings. The number of hydrogen-bond acceptors (Lipinski definition) is 4. The highest BCUT2D eigenvalue weighted by Gasteiger charge is 2.19. The summed E-state index contributed by atoms with van der Waals surface area (Å²) in [6.07, 6.45) is -0.0403. The van der Waals surface area contributed by atoms with E-state index in [4.69, 9.17) is 15.6 Å². The molecule has 1 fully saturated rings. The van der Waals surface area contributed by atoms with E-state index >= 15 is 0 Å². The van der Waals surface area contributed by atoms with Crippen molar-refractivity contribution in [3.8, 4) is 0 Å². The minimum Gasteiger partial charge on any atom is -0.394 e. The second-order valence-corrected chi connectivity index (χ2v) is 4.43. The molecule has 0 aliphatic carbocycles. The Morgan fingerprint density at radius 1 is 1.41 bits per heavy atom. The summed E-state index contributed by atoms with van der Waals surface area (Å²) in [5.74, 6) is 0. The molecule has 1 heterocycles. The van der Waals surface area contributed by atoms with Gasteiger partial charge in [-0.25, -0.2) is 0 Å². The number of aliphatic hydroxyl groups is 1. The lowest BCUT2D eigenvalue weighted by atomic mass is 10.1. The van der Waals surface area contributed by atoms with Crippen LogP contribution in [0.15, 0.2) is 24.3 Å². The van der Waals surface area contributed by atoms with E-state index in [1.54, 1.807) is 0 Å². The average Bonchev–Trinajstić information content (AvgIpc) is 2.39. The van der Waals surface area contributed by atoms with Crippen LogP contribution in [0.1, 0.15) is 11.1 Å². The molecule has 1 saturated heterocycles. The van der Waals surface area contributed by atoms with Crippen molar-refractivity contribution in [2.75, 3.05) is 26.3 Å². The lowest BCUT2D eigenvalue weighted by Gasteiger charge is -2.32. The van der Waals surface area contributed by atoms with Gasteiger partial charge in [0, 0.05) is 26.2 Å². The van der Waals surface area contributed by atoms with Gasteiger partial charge in [0.05, 0.1) is 19.3 Å². The van der Waals surface area contributed by atoms with Crippen molar-refractivity contribution < 1.29 is 9.84 Å². The maximum Gasteiger partial charge on any atom is 0.0933 e. The molecule has 94 valence electrons. The van der Waals surface area contributed by atoms with E-state index in [0.29, 0.717) is 13.2 Å². The third kappa shape index (κ3) is 3.51. The molecule has 1 aromatic carbocycles. The molecule has 17 heavy (non-hydrogen) atoms. The largest absolute Gasteiger partial charge is 0.394 e. The summed E-state index contributed by atoms with van der Waals surface area (Å²) in [4.78, 5) is 2.31. The molecule has 0 saturated carbocycles. The Labute approximate surface area is 102 Å². The molecule has 0 spiro atoms. The molecule has 0 aromatic heterocycles. The van der Waals surface area contributed by atoms with Gasteiger partial charge in [-0.2, -0.15) is 0 Å². The SMILES string of the molecule is NCc1cccc(CN2CCOC(CO)C2)c1. The van der Waals surface area contributed by atoms with Crippen molar-refractivity contribution in [3.05, 3.63) is 35.4 Å². The summed E-state index contributed by atoms with van der Waals surface area (Å²) in [6.45, 7) is 3.98. The third-order valence-electron chi connectivity index (χ3n) is 3.06. The van der Waals surface area contributed by atoms with Gasteiger partial charge in [-0.05, 0) is 11.1 Å². The van der Waals surface area contributed by atoms with Crippen molar-refractivity contribution in [3.63, 3.8) is 0 Å². The molecule has 3 N–H and O–H groups in total. The monoisotopic (exact) mass is 236 g/mol. The Hall–Kier alpha value is -0.940. The van der Waals surface area contributed by atoms with Crippen molar-refractivity contribution in [2.45, 2.75) is 19.2 Å². The first-order valence-corrected chi connectivity index (χ1v) is 6.04. The summed E-state index contributed by atoms with van der Waals surface area (Å²) in [6, 6.07) is 8.34. The van der Waals surface area contributed by atoms with Crippen LogP contribution >= 0.6 is 0 Å². The van der Waals surface area contributed by atoms with Crippen LogP contribution in [0.25, 0.3) is 0 Å². The van der Waals surface area contributed by atoms with Gasteiger partial charge in [0.2, 0.25) is 0 Å². The molecule has 0 bridgehead atoms. The highest BCUT2D eigenvalue weighted by atomic mass is 16.5. The zero-order valence-corrected chi connectivity index (χ0v) is 10.0. The molecular weight excluding hydrogens is 216 g/mol. The molecule has 1 aliphatic heterocycles. The summed E-state index contributed by atoms with van der Waals surface area (Å²) in [7, 11) is 0. The average molecular weight is 236 g/mol. The summed E-state index contributed by atoms with van der Waals surface area (Å²) >= 11 is 0. The molecule has 2 rings (SSSR count). The first-order chi connectivity index (χ1) is 8.31. The van der Waals surface area contributed by atoms with Crippen molar-refractivity contribution in [1.29, 1.82) is 0 Å². The Kier molecular flexibility index (Phi) is 4.50. The van der Waals surface area contributed by atoms with Crippen molar-refractivity contribution in [1.82, 2.24) is 4.90 Å². The molecule has 1 unspecified atom stereocenters. The minimum atomic E-state index is -0.0403. The number of hydrogen-bond donors (Lipinski definition) is 2. The van der Waals surface area contributed by atoms with Gasteiger partial charge in [0.15, 0.2) is 0 Å². The van der Waals surface area contributed by atoms with Gasteiger partial charge >= 0.3 is 0 Å². The maximum absolute atomic E-state index is 9.09. The van der Waals surface area contributed by atoms with Crippen LogP contribution in [0.3, 0.4) is 0 Å². The van der Waals surface area contributed by atoms with E-state index < -0.39 is 0 Å². The first kappa shape index (κ1) is 12.5. The van der Waals surface area contributed by atoms with Gasteiger partial charge in [-0.15, -0.1) is 0 Å². The Balaban J connectivity index is 1.95. The zero-order chi connectivity index (χ0) is 12.1. The van der Waals surface area contributed by atoms with E-state index in [-0.39, 0.29) is 12.7 Å². The number of rotatable bonds is 4. The number of ether oxygens (including phenoxy) is 1. The first-order valence-electron chi connectivity index (χ1n) is 6.04. The van der Waals surface area contributed by atoms with E-state index in [2.05, 4.69) is 17.0 Å². The third-order valence-corrected chi connectivity index (χ3v) is 3.06. The number of nitrogens with two attached hydrogens (primary N) is 1. The van der Waals surface area contributed by atoms with Crippen LogP contribution in [0.5, 0.6) is 0 Å². The molecule has 0 radical (unpaired) electrons. The van der Waals surface area contributed by atoms with Gasteiger partial charge in [0.1, 0.15) is 0 Å². The quantitative estimate of drug-likeness (QED) is 0.791. The second-order valence-electron chi connectivity index (χ2n) is 4.43. The fraction of sp³-hybridized carbons (Fsp3) is 0.538. The van der Waals surface area contributed by atoms with Crippen LogP contribution in [0, 0.1) is 0 Å². The van der Waals surface area contributed by atoms with Crippen LogP contribution in [-0.2, 0) is 17.8 Å². The lowest BCUT2D eigenvalue weighted by molar-refractivity contribution is -0.0551. The molecule has 0 amide bonds. The summed E-state index contributed by atoms with van der Waals surface area (Å²) in [5, 5.41) is 9.09. The minimum absolute atomic E-state index is 0.0403. The zero-order valence-electron chi connectivity index (χ0n) is 10.0. The van der Waals surface area contributed by atoms with Gasteiger partial charge in [-0.1, -0.05) is 24.3 Å². The smallest absolute Gasteiger partial charge is 0.0933 e. The Bertz CT molecular complexity index is 357. The van der Waals surface area contributed by atoms with Crippen molar-refractivity contribution >= 4 is 0 Å². The molecule has 1 atom stereocenters. The van der Waals surface area contributed by atoms with E-state index in [1.165, 1.54) is 5.56 Å².